The molecule has 1 nitrogen and oxygen atoms in total. The average Bonchev–Trinajstić information content (AvgIpc) is 3.76. The normalized spacial score (nSPS) is 17.1. The van der Waals surface area contributed by atoms with Crippen molar-refractivity contribution in [1.82, 2.24) is 0 Å². The van der Waals surface area contributed by atoms with Crippen molar-refractivity contribution in [2.75, 3.05) is 0 Å². The van der Waals surface area contributed by atoms with E-state index in [2.05, 4.69) is 0 Å². The van der Waals surface area contributed by atoms with Crippen LogP contribution in [0, 0.1) is 0 Å². The first-order chi connectivity index (χ1) is 34.6. The molecule has 246 valence electrons. The van der Waals surface area contributed by atoms with Gasteiger partial charge in [-0.05, 0) is 106 Å². The molecule has 11 aromatic rings. The van der Waals surface area contributed by atoms with E-state index >= 15 is 0 Å². The summed E-state index contributed by atoms with van der Waals surface area (Å²) >= 11 is 0. The van der Waals surface area contributed by atoms with Gasteiger partial charge in [-0.15, -0.1) is 0 Å². The van der Waals surface area contributed by atoms with Crippen LogP contribution >= 0.6 is 0 Å². The third kappa shape index (κ3) is 4.58. The van der Waals surface area contributed by atoms with Crippen molar-refractivity contribution in [2.24, 2.45) is 0 Å². The molecule has 0 aliphatic heterocycles. The fraction of sp³-hybridized carbons (Fsp3) is 0. The Morgan fingerprint density at radius 2 is 1.00 bits per heavy atom. The fourth-order valence-electron chi connectivity index (χ4n) is 7.41. The molecule has 11 rings (SSSR count). The SMILES string of the molecule is [2H]c1cc2c(-c3c4c([2H])c([2H])c([2H])c([2H])c4c(-c4c([2H])c([2H])c([2H])c5c([2H])c([2H])c([2H])c([2H])c45)c4c([2H])c([2H])c([2H])c([2H])c34)c(-c3ccc4oc5cccc(-c6ccccc6)c5c4c3)c([2H])c([2H])c2c([2H])c1[2H]. The minimum atomic E-state index is -0.870. The zero-order valence-electron chi connectivity index (χ0n) is 47.3. The summed E-state index contributed by atoms with van der Waals surface area (Å²) in [5.41, 5.74) is 0.807. The summed E-state index contributed by atoms with van der Waals surface area (Å²) in [4.78, 5) is 0. The molecule has 1 heterocycles. The van der Waals surface area contributed by atoms with Crippen molar-refractivity contribution in [3.63, 3.8) is 0 Å². The van der Waals surface area contributed by atoms with Gasteiger partial charge < -0.3 is 4.42 Å². The number of hydrogen-bond donors (Lipinski definition) is 0. The second-order valence-electron chi connectivity index (χ2n) is 12.4. The molecular weight excluding hydrogens is 641 g/mol. The Morgan fingerprint density at radius 1 is 0.340 bits per heavy atom. The van der Waals surface area contributed by atoms with Crippen molar-refractivity contribution < 1.29 is 31.8 Å². The van der Waals surface area contributed by atoms with Crippen LogP contribution in [0.1, 0.15) is 27.4 Å². The number of fused-ring (bicyclic) bond motifs is 7. The first-order valence-electron chi connectivity index (χ1n) is 26.6. The van der Waals surface area contributed by atoms with Crippen molar-refractivity contribution in [1.29, 1.82) is 0 Å². The van der Waals surface area contributed by atoms with Gasteiger partial charge in [0.2, 0.25) is 0 Å². The fourth-order valence-corrected chi connectivity index (χ4v) is 7.41. The lowest BCUT2D eigenvalue weighted by molar-refractivity contribution is 0.669. The maximum Gasteiger partial charge on any atom is 0.136 e. The Kier molecular flexibility index (Phi) is 3.60. The van der Waals surface area contributed by atoms with Crippen molar-refractivity contribution in [2.45, 2.75) is 0 Å². The van der Waals surface area contributed by atoms with E-state index in [9.17, 15) is 11.0 Å². The molecule has 1 aromatic heterocycles. The van der Waals surface area contributed by atoms with E-state index in [0.717, 1.165) is 17.2 Å². The first kappa shape index (κ1) is 16.2. The van der Waals surface area contributed by atoms with Crippen LogP contribution in [0.2, 0.25) is 0 Å². The van der Waals surface area contributed by atoms with Crippen LogP contribution in [0.5, 0.6) is 0 Å². The third-order valence-electron chi connectivity index (χ3n) is 9.63. The minimum absolute atomic E-state index is 0.148. The van der Waals surface area contributed by atoms with Crippen LogP contribution in [-0.2, 0) is 0 Å². The number of benzene rings is 10. The zero-order valence-corrected chi connectivity index (χ0v) is 27.3. The standard InChI is InChI=1S/C52H32O/c1-2-14-34(15-3-1)38-25-13-27-48-50(38)46-32-36(29-31-47(46)53-48)40-30-28-35-17-5-7-20-39(35)51(40)52-44-23-10-8-21-42(44)49(43-22-9-11-24-45(43)52)41-26-12-18-33-16-4-6-19-37(33)41/h1-32H/i4D,5D,6D,7D,8D,9D,10D,11D,12D,16D,17D,18D,19D,21D,22D,23D,24D,26D,28D,30D. The second kappa shape index (κ2) is 11.8. The Morgan fingerprint density at radius 3 is 1.77 bits per heavy atom. The maximum absolute atomic E-state index is 9.88. The van der Waals surface area contributed by atoms with Gasteiger partial charge in [0.05, 0.1) is 27.4 Å². The Hall–Kier alpha value is -6.96. The van der Waals surface area contributed by atoms with Crippen LogP contribution in [0.4, 0.5) is 0 Å². The molecule has 0 N–H and O–H groups in total. The van der Waals surface area contributed by atoms with Crippen molar-refractivity contribution >= 4 is 65.0 Å². The molecule has 10 aromatic carbocycles. The van der Waals surface area contributed by atoms with Gasteiger partial charge in [0.15, 0.2) is 0 Å². The van der Waals surface area contributed by atoms with E-state index < -0.39 is 164 Å². The summed E-state index contributed by atoms with van der Waals surface area (Å²) in [6.45, 7) is 0. The van der Waals surface area contributed by atoms with Crippen LogP contribution in [0.15, 0.2) is 198 Å². The molecule has 0 spiro atoms. The highest BCUT2D eigenvalue weighted by Crippen LogP contribution is 2.50. The van der Waals surface area contributed by atoms with Crippen LogP contribution in [0.25, 0.3) is 110 Å². The second-order valence-corrected chi connectivity index (χ2v) is 12.4. The van der Waals surface area contributed by atoms with E-state index in [1.807, 2.05) is 42.5 Å². The van der Waals surface area contributed by atoms with Gasteiger partial charge in [0, 0.05) is 10.8 Å². The van der Waals surface area contributed by atoms with Gasteiger partial charge in [0.1, 0.15) is 11.2 Å². The van der Waals surface area contributed by atoms with Crippen molar-refractivity contribution in [3.05, 3.63) is 194 Å². The smallest absolute Gasteiger partial charge is 0.136 e. The highest BCUT2D eigenvalue weighted by Gasteiger charge is 2.22. The van der Waals surface area contributed by atoms with E-state index in [-0.39, 0.29) is 33.0 Å². The summed E-state index contributed by atoms with van der Waals surface area (Å²) in [7, 11) is 0. The molecule has 53 heavy (non-hydrogen) atoms. The lowest BCUT2D eigenvalue weighted by atomic mass is 9.81. The Labute approximate surface area is 335 Å². The molecule has 0 amide bonds. The van der Waals surface area contributed by atoms with Gasteiger partial charge in [-0.3, -0.25) is 0 Å². The molecule has 0 aliphatic rings. The Bertz CT molecular complexity index is 4290. The molecule has 0 fully saturated rings. The number of rotatable bonds is 4. The molecule has 0 atom stereocenters. The topological polar surface area (TPSA) is 13.1 Å². The van der Waals surface area contributed by atoms with E-state index in [0.29, 0.717) is 21.9 Å². The molecule has 0 aliphatic carbocycles. The quantitative estimate of drug-likeness (QED) is 0.167. The Balaban J connectivity index is 1.46. The van der Waals surface area contributed by atoms with E-state index in [1.165, 1.54) is 0 Å². The summed E-state index contributed by atoms with van der Waals surface area (Å²) in [5, 5.41) is -2.48. The monoisotopic (exact) mass is 692 g/mol. The lowest BCUT2D eigenvalue weighted by Gasteiger charge is -2.22. The van der Waals surface area contributed by atoms with Gasteiger partial charge >= 0.3 is 0 Å². The number of furan rings is 1. The maximum atomic E-state index is 9.88. The molecule has 0 saturated heterocycles. The minimum Gasteiger partial charge on any atom is -0.456 e. The summed E-state index contributed by atoms with van der Waals surface area (Å²) in [5.74, 6) is 0. The van der Waals surface area contributed by atoms with Crippen LogP contribution < -0.4 is 0 Å². The summed E-state index contributed by atoms with van der Waals surface area (Å²) in [6.07, 6.45) is 0. The largest absolute Gasteiger partial charge is 0.456 e. The molecule has 0 saturated carbocycles. The molecule has 0 unspecified atom stereocenters. The first-order valence-corrected chi connectivity index (χ1v) is 16.6. The zero-order chi connectivity index (χ0) is 52.3. The molecular formula is C52H32O. The summed E-state index contributed by atoms with van der Waals surface area (Å²) in [6, 6.07) is 5.59. The van der Waals surface area contributed by atoms with Gasteiger partial charge in [0.25, 0.3) is 0 Å². The van der Waals surface area contributed by atoms with Gasteiger partial charge in [-0.25, -0.2) is 0 Å². The third-order valence-corrected chi connectivity index (χ3v) is 9.63. The van der Waals surface area contributed by atoms with Crippen LogP contribution in [0.3, 0.4) is 0 Å². The highest BCUT2D eigenvalue weighted by atomic mass is 16.3. The van der Waals surface area contributed by atoms with Gasteiger partial charge in [-0.1, -0.05) is 175 Å². The highest BCUT2D eigenvalue weighted by molar-refractivity contribution is 6.27. The van der Waals surface area contributed by atoms with Crippen molar-refractivity contribution in [3.8, 4) is 44.5 Å². The van der Waals surface area contributed by atoms with E-state index in [4.69, 9.17) is 20.9 Å². The lowest BCUT2D eigenvalue weighted by Crippen LogP contribution is -1.94. The van der Waals surface area contributed by atoms with Crippen LogP contribution in [-0.4, -0.2) is 0 Å². The van der Waals surface area contributed by atoms with Gasteiger partial charge in [-0.2, -0.15) is 0 Å². The summed E-state index contributed by atoms with van der Waals surface area (Å²) < 4.78 is 190. The molecule has 1 heteroatoms. The van der Waals surface area contributed by atoms with E-state index in [1.54, 1.807) is 24.3 Å². The molecule has 0 bridgehead atoms. The number of hydrogen-bond acceptors (Lipinski definition) is 1. The molecule has 0 radical (unpaired) electrons. The predicted octanol–water partition coefficient (Wildman–Crippen LogP) is 14.9. The predicted molar refractivity (Wildman–Crippen MR) is 225 cm³/mol. The average molecular weight is 693 g/mol.